The van der Waals surface area contributed by atoms with Crippen LogP contribution in [0.5, 0.6) is 11.5 Å². The normalized spacial score (nSPS) is 11.8. The highest BCUT2D eigenvalue weighted by Crippen LogP contribution is 2.19. The predicted octanol–water partition coefficient (Wildman–Crippen LogP) is 7.23. The Bertz CT molecular complexity index is 704. The summed E-state index contributed by atoms with van der Waals surface area (Å²) < 4.78 is 11.3. The molecule has 2 aromatic carbocycles. The topological polar surface area (TPSA) is 35.5 Å². The van der Waals surface area contributed by atoms with Crippen LogP contribution in [-0.2, 0) is 6.42 Å². The maximum atomic E-state index is 12.4. The van der Waals surface area contributed by atoms with Gasteiger partial charge >= 0.3 is 5.97 Å². The van der Waals surface area contributed by atoms with Gasteiger partial charge in [-0.05, 0) is 60.7 Å². The third kappa shape index (κ3) is 8.72. The fourth-order valence-electron chi connectivity index (χ4n) is 3.17. The van der Waals surface area contributed by atoms with Gasteiger partial charge in [-0.2, -0.15) is 0 Å². The van der Waals surface area contributed by atoms with E-state index < -0.39 is 0 Å². The molecule has 0 radical (unpaired) electrons. The minimum Gasteiger partial charge on any atom is -0.494 e. The Morgan fingerprint density at radius 3 is 2.10 bits per heavy atom. The first-order valence-corrected chi connectivity index (χ1v) is 11.2. The molecule has 0 aliphatic carbocycles. The largest absolute Gasteiger partial charge is 0.494 e. The third-order valence-electron chi connectivity index (χ3n) is 5.27. The van der Waals surface area contributed by atoms with E-state index in [2.05, 4.69) is 20.8 Å². The van der Waals surface area contributed by atoms with E-state index in [4.69, 9.17) is 9.47 Å². The Labute approximate surface area is 176 Å². The Kier molecular flexibility index (Phi) is 10.3. The van der Waals surface area contributed by atoms with E-state index in [0.29, 0.717) is 17.2 Å². The van der Waals surface area contributed by atoms with Gasteiger partial charge in [-0.1, -0.05) is 71.4 Å². The van der Waals surface area contributed by atoms with Gasteiger partial charge in [0.25, 0.3) is 0 Å². The molecule has 0 heterocycles. The molecular weight excluding hydrogens is 360 g/mol. The lowest BCUT2D eigenvalue weighted by Crippen LogP contribution is -2.08. The van der Waals surface area contributed by atoms with Crippen molar-refractivity contribution < 1.29 is 14.3 Å². The van der Waals surface area contributed by atoms with E-state index in [0.717, 1.165) is 31.6 Å². The SMILES string of the molecule is CCCCCCCCOc1ccc(C(=O)Oc2ccc(CC(C)CC)cc2)cc1. The molecule has 2 rings (SSSR count). The van der Waals surface area contributed by atoms with Crippen LogP contribution in [0.1, 0.15) is 81.6 Å². The van der Waals surface area contributed by atoms with Gasteiger partial charge in [0.2, 0.25) is 0 Å². The Balaban J connectivity index is 1.75. The number of hydrogen-bond acceptors (Lipinski definition) is 3. The number of ether oxygens (including phenoxy) is 2. The lowest BCUT2D eigenvalue weighted by atomic mass is 9.99. The second-order valence-corrected chi connectivity index (χ2v) is 7.89. The zero-order chi connectivity index (χ0) is 20.9. The monoisotopic (exact) mass is 396 g/mol. The van der Waals surface area contributed by atoms with Crippen LogP contribution in [-0.4, -0.2) is 12.6 Å². The van der Waals surface area contributed by atoms with Crippen molar-refractivity contribution >= 4 is 5.97 Å². The number of hydrogen-bond donors (Lipinski definition) is 0. The van der Waals surface area contributed by atoms with Gasteiger partial charge in [0.15, 0.2) is 0 Å². The first-order valence-electron chi connectivity index (χ1n) is 11.2. The maximum absolute atomic E-state index is 12.4. The van der Waals surface area contributed by atoms with Crippen molar-refractivity contribution in [2.24, 2.45) is 5.92 Å². The molecule has 1 unspecified atom stereocenters. The molecule has 0 fully saturated rings. The molecule has 2 aromatic rings. The van der Waals surface area contributed by atoms with E-state index in [-0.39, 0.29) is 5.97 Å². The minimum atomic E-state index is -0.345. The Morgan fingerprint density at radius 1 is 0.828 bits per heavy atom. The highest BCUT2D eigenvalue weighted by atomic mass is 16.5. The van der Waals surface area contributed by atoms with Crippen molar-refractivity contribution in [3.8, 4) is 11.5 Å². The van der Waals surface area contributed by atoms with Crippen LogP contribution >= 0.6 is 0 Å². The van der Waals surface area contributed by atoms with E-state index >= 15 is 0 Å². The number of esters is 1. The minimum absolute atomic E-state index is 0.345. The summed E-state index contributed by atoms with van der Waals surface area (Å²) in [6.45, 7) is 7.40. The van der Waals surface area contributed by atoms with Gasteiger partial charge in [-0.3, -0.25) is 0 Å². The van der Waals surface area contributed by atoms with Crippen molar-refractivity contribution in [2.45, 2.75) is 72.1 Å². The van der Waals surface area contributed by atoms with Crippen molar-refractivity contribution in [1.82, 2.24) is 0 Å². The molecule has 0 saturated carbocycles. The number of unbranched alkanes of at least 4 members (excludes halogenated alkanes) is 5. The molecule has 1 atom stereocenters. The fourth-order valence-corrected chi connectivity index (χ4v) is 3.17. The molecule has 0 amide bonds. The third-order valence-corrected chi connectivity index (χ3v) is 5.27. The van der Waals surface area contributed by atoms with Crippen molar-refractivity contribution in [3.63, 3.8) is 0 Å². The molecule has 0 bridgehead atoms. The maximum Gasteiger partial charge on any atom is 0.343 e. The molecule has 0 spiro atoms. The van der Waals surface area contributed by atoms with E-state index in [1.165, 1.54) is 37.7 Å². The zero-order valence-corrected chi connectivity index (χ0v) is 18.3. The summed E-state index contributed by atoms with van der Waals surface area (Å²) in [4.78, 5) is 12.4. The summed E-state index contributed by atoms with van der Waals surface area (Å²) in [5, 5.41) is 0. The van der Waals surface area contributed by atoms with Crippen LogP contribution in [0.25, 0.3) is 0 Å². The van der Waals surface area contributed by atoms with Crippen molar-refractivity contribution in [2.75, 3.05) is 6.61 Å². The van der Waals surface area contributed by atoms with Gasteiger partial charge in [0.1, 0.15) is 11.5 Å². The summed E-state index contributed by atoms with van der Waals surface area (Å²) in [5.41, 5.74) is 1.80. The van der Waals surface area contributed by atoms with Crippen molar-refractivity contribution in [3.05, 3.63) is 59.7 Å². The molecular formula is C26H36O3. The standard InChI is InChI=1S/C26H36O3/c1-4-6-7-8-9-10-19-28-24-17-13-23(14-18-24)26(27)29-25-15-11-22(12-16-25)20-21(3)5-2/h11-18,21H,4-10,19-20H2,1-3H3. The summed E-state index contributed by atoms with van der Waals surface area (Å²) in [7, 11) is 0. The summed E-state index contributed by atoms with van der Waals surface area (Å²) in [5.74, 6) is 1.68. The van der Waals surface area contributed by atoms with Crippen LogP contribution in [0.4, 0.5) is 0 Å². The average Bonchev–Trinajstić information content (AvgIpc) is 2.74. The summed E-state index contributed by atoms with van der Waals surface area (Å²) in [6, 6.07) is 15.0. The Morgan fingerprint density at radius 2 is 1.45 bits per heavy atom. The average molecular weight is 397 g/mol. The van der Waals surface area contributed by atoms with Gasteiger partial charge < -0.3 is 9.47 Å². The molecule has 0 aliphatic rings. The van der Waals surface area contributed by atoms with E-state index in [1.54, 1.807) is 12.1 Å². The first kappa shape index (κ1) is 23.0. The number of carbonyl (C=O) groups is 1. The molecule has 0 N–H and O–H groups in total. The molecule has 3 nitrogen and oxygen atoms in total. The molecule has 0 aliphatic heterocycles. The van der Waals surface area contributed by atoms with Gasteiger partial charge in [-0.15, -0.1) is 0 Å². The van der Waals surface area contributed by atoms with Crippen LogP contribution in [0.15, 0.2) is 48.5 Å². The highest BCUT2D eigenvalue weighted by molar-refractivity contribution is 5.91. The van der Waals surface area contributed by atoms with Crippen LogP contribution in [0.2, 0.25) is 0 Å². The van der Waals surface area contributed by atoms with Crippen LogP contribution in [0.3, 0.4) is 0 Å². The lowest BCUT2D eigenvalue weighted by molar-refractivity contribution is 0.0734. The molecule has 0 aromatic heterocycles. The second kappa shape index (κ2) is 13.0. The predicted molar refractivity (Wildman–Crippen MR) is 120 cm³/mol. The Hall–Kier alpha value is -2.29. The quantitative estimate of drug-likeness (QED) is 0.203. The fraction of sp³-hybridized carbons (Fsp3) is 0.500. The second-order valence-electron chi connectivity index (χ2n) is 7.89. The lowest BCUT2D eigenvalue weighted by Gasteiger charge is -2.10. The summed E-state index contributed by atoms with van der Waals surface area (Å²) in [6.07, 6.45) is 9.67. The molecule has 158 valence electrons. The summed E-state index contributed by atoms with van der Waals surface area (Å²) >= 11 is 0. The number of carbonyl (C=O) groups excluding carboxylic acids is 1. The van der Waals surface area contributed by atoms with Gasteiger partial charge in [-0.25, -0.2) is 4.79 Å². The van der Waals surface area contributed by atoms with E-state index in [9.17, 15) is 4.79 Å². The molecule has 0 saturated heterocycles. The number of benzene rings is 2. The van der Waals surface area contributed by atoms with Crippen molar-refractivity contribution in [1.29, 1.82) is 0 Å². The number of rotatable bonds is 13. The van der Waals surface area contributed by atoms with E-state index in [1.807, 2.05) is 36.4 Å². The molecule has 3 heteroatoms. The zero-order valence-electron chi connectivity index (χ0n) is 18.3. The smallest absolute Gasteiger partial charge is 0.343 e. The first-order chi connectivity index (χ1) is 14.1. The van der Waals surface area contributed by atoms with Gasteiger partial charge in [0.05, 0.1) is 12.2 Å². The van der Waals surface area contributed by atoms with Crippen LogP contribution in [0, 0.1) is 5.92 Å². The molecule has 29 heavy (non-hydrogen) atoms. The highest BCUT2D eigenvalue weighted by Gasteiger charge is 2.09. The van der Waals surface area contributed by atoms with Crippen LogP contribution < -0.4 is 9.47 Å². The van der Waals surface area contributed by atoms with Gasteiger partial charge in [0, 0.05) is 0 Å².